The summed E-state index contributed by atoms with van der Waals surface area (Å²) in [5.74, 6) is -0.415. The monoisotopic (exact) mass is 236 g/mol. The van der Waals surface area contributed by atoms with Gasteiger partial charge in [0.05, 0.1) is 0 Å². The highest BCUT2D eigenvalue weighted by atomic mass is 16.3. The van der Waals surface area contributed by atoms with Gasteiger partial charge in [0.1, 0.15) is 11.3 Å². The van der Waals surface area contributed by atoms with Crippen molar-refractivity contribution in [3.63, 3.8) is 0 Å². The molecule has 3 heteroatoms. The van der Waals surface area contributed by atoms with E-state index in [9.17, 15) is 14.7 Å². The lowest BCUT2D eigenvalue weighted by Gasteiger charge is -2.04. The quantitative estimate of drug-likeness (QED) is 0.763. The number of hydrogen-bond donors (Lipinski definition) is 1. The topological polar surface area (TPSA) is 54.4 Å². The SMILES string of the molecule is CC(C)C/C=C1\CC(=O)C(C(=O)C(C)C)=C1O. The van der Waals surface area contributed by atoms with Gasteiger partial charge in [-0.2, -0.15) is 0 Å². The highest BCUT2D eigenvalue weighted by Gasteiger charge is 2.33. The molecule has 0 aliphatic heterocycles. The molecule has 3 nitrogen and oxygen atoms in total. The van der Waals surface area contributed by atoms with Crippen LogP contribution in [0.15, 0.2) is 23.0 Å². The summed E-state index contributed by atoms with van der Waals surface area (Å²) < 4.78 is 0. The van der Waals surface area contributed by atoms with E-state index in [1.165, 1.54) is 0 Å². The Morgan fingerprint density at radius 2 is 1.94 bits per heavy atom. The molecule has 0 fully saturated rings. The molecular weight excluding hydrogens is 216 g/mol. The Balaban J connectivity index is 3.00. The first-order valence-corrected chi connectivity index (χ1v) is 6.04. The Morgan fingerprint density at radius 3 is 2.41 bits per heavy atom. The summed E-state index contributed by atoms with van der Waals surface area (Å²) >= 11 is 0. The van der Waals surface area contributed by atoms with Crippen LogP contribution in [0.25, 0.3) is 0 Å². The fourth-order valence-corrected chi connectivity index (χ4v) is 1.73. The Kier molecular flexibility index (Phi) is 4.27. The van der Waals surface area contributed by atoms with Gasteiger partial charge < -0.3 is 5.11 Å². The van der Waals surface area contributed by atoms with Crippen molar-refractivity contribution >= 4 is 11.6 Å². The Labute approximate surface area is 102 Å². The summed E-state index contributed by atoms with van der Waals surface area (Å²) in [6, 6.07) is 0. The zero-order valence-electron chi connectivity index (χ0n) is 10.9. The van der Waals surface area contributed by atoms with Crippen LogP contribution in [0.3, 0.4) is 0 Å². The fraction of sp³-hybridized carbons (Fsp3) is 0.571. The van der Waals surface area contributed by atoms with E-state index in [4.69, 9.17) is 0 Å². The second kappa shape index (κ2) is 5.30. The van der Waals surface area contributed by atoms with Gasteiger partial charge in [-0.3, -0.25) is 9.59 Å². The molecule has 0 aromatic heterocycles. The van der Waals surface area contributed by atoms with E-state index < -0.39 is 0 Å². The molecule has 0 unspecified atom stereocenters. The summed E-state index contributed by atoms with van der Waals surface area (Å²) in [5.41, 5.74) is 0.600. The van der Waals surface area contributed by atoms with Crippen LogP contribution in [0.1, 0.15) is 40.5 Å². The number of carbonyl (C=O) groups is 2. The predicted octanol–water partition coefficient (Wildman–Crippen LogP) is 2.97. The molecule has 0 aromatic carbocycles. The molecule has 0 spiro atoms. The van der Waals surface area contributed by atoms with Crippen LogP contribution >= 0.6 is 0 Å². The number of rotatable bonds is 4. The molecule has 1 rings (SSSR count). The molecule has 1 N–H and O–H groups in total. The van der Waals surface area contributed by atoms with Crippen molar-refractivity contribution in [1.29, 1.82) is 0 Å². The third kappa shape index (κ3) is 3.05. The van der Waals surface area contributed by atoms with Gasteiger partial charge >= 0.3 is 0 Å². The summed E-state index contributed by atoms with van der Waals surface area (Å²) in [4.78, 5) is 23.5. The van der Waals surface area contributed by atoms with Crippen LogP contribution in [-0.4, -0.2) is 16.7 Å². The molecule has 0 amide bonds. The lowest BCUT2D eigenvalue weighted by molar-refractivity contribution is -0.122. The minimum absolute atomic E-state index is 0.00462. The Morgan fingerprint density at radius 1 is 1.35 bits per heavy atom. The van der Waals surface area contributed by atoms with Crippen molar-refractivity contribution in [3.8, 4) is 0 Å². The average molecular weight is 236 g/mol. The van der Waals surface area contributed by atoms with Crippen molar-refractivity contribution < 1.29 is 14.7 Å². The predicted molar refractivity (Wildman–Crippen MR) is 66.7 cm³/mol. The van der Waals surface area contributed by atoms with E-state index in [2.05, 4.69) is 13.8 Å². The van der Waals surface area contributed by atoms with Crippen LogP contribution < -0.4 is 0 Å². The number of allylic oxidation sites excluding steroid dienone is 3. The molecule has 94 valence electrons. The number of ketones is 2. The maximum atomic E-state index is 11.8. The summed E-state index contributed by atoms with van der Waals surface area (Å²) in [6.07, 6.45) is 2.82. The first kappa shape index (κ1) is 13.7. The van der Waals surface area contributed by atoms with Crippen molar-refractivity contribution in [3.05, 3.63) is 23.0 Å². The van der Waals surface area contributed by atoms with Crippen LogP contribution in [0.5, 0.6) is 0 Å². The Hall–Kier alpha value is -1.38. The van der Waals surface area contributed by atoms with Gasteiger partial charge in [0.25, 0.3) is 0 Å². The summed E-state index contributed by atoms with van der Waals surface area (Å²) in [6.45, 7) is 7.58. The first-order valence-electron chi connectivity index (χ1n) is 6.04. The van der Waals surface area contributed by atoms with Gasteiger partial charge in [-0.25, -0.2) is 0 Å². The molecular formula is C14H20O3. The zero-order valence-corrected chi connectivity index (χ0v) is 10.9. The van der Waals surface area contributed by atoms with E-state index in [0.717, 1.165) is 6.42 Å². The molecule has 0 heterocycles. The van der Waals surface area contributed by atoms with Crippen molar-refractivity contribution in [2.24, 2.45) is 11.8 Å². The third-order valence-corrected chi connectivity index (χ3v) is 2.78. The highest BCUT2D eigenvalue weighted by Crippen LogP contribution is 2.29. The molecule has 0 saturated heterocycles. The lowest BCUT2D eigenvalue weighted by Crippen LogP contribution is -2.15. The van der Waals surface area contributed by atoms with E-state index in [1.54, 1.807) is 13.8 Å². The molecule has 1 aliphatic rings. The summed E-state index contributed by atoms with van der Waals surface area (Å²) in [7, 11) is 0. The molecule has 0 radical (unpaired) electrons. The second-order valence-corrected chi connectivity index (χ2v) is 5.20. The van der Waals surface area contributed by atoms with Gasteiger partial charge in [0, 0.05) is 12.3 Å². The van der Waals surface area contributed by atoms with E-state index in [0.29, 0.717) is 11.5 Å². The number of hydrogen-bond acceptors (Lipinski definition) is 3. The minimum Gasteiger partial charge on any atom is -0.507 e. The number of aliphatic hydroxyl groups excluding tert-OH is 1. The van der Waals surface area contributed by atoms with Gasteiger partial charge in [-0.1, -0.05) is 33.8 Å². The summed E-state index contributed by atoms with van der Waals surface area (Å²) in [5, 5.41) is 9.92. The van der Waals surface area contributed by atoms with Gasteiger partial charge in [0.15, 0.2) is 11.6 Å². The van der Waals surface area contributed by atoms with E-state index in [1.807, 2.05) is 6.08 Å². The second-order valence-electron chi connectivity index (χ2n) is 5.20. The van der Waals surface area contributed by atoms with Crippen LogP contribution in [-0.2, 0) is 9.59 Å². The third-order valence-electron chi connectivity index (χ3n) is 2.78. The van der Waals surface area contributed by atoms with E-state index >= 15 is 0 Å². The molecule has 0 saturated carbocycles. The number of Topliss-reactive ketones (excluding diaryl/α,β-unsaturated/α-hetero) is 2. The van der Waals surface area contributed by atoms with Crippen molar-refractivity contribution in [1.82, 2.24) is 0 Å². The Bertz CT molecular complexity index is 398. The minimum atomic E-state index is -0.263. The highest BCUT2D eigenvalue weighted by molar-refractivity contribution is 6.24. The van der Waals surface area contributed by atoms with E-state index in [-0.39, 0.29) is 35.2 Å². The van der Waals surface area contributed by atoms with Crippen LogP contribution in [0.4, 0.5) is 0 Å². The van der Waals surface area contributed by atoms with Crippen molar-refractivity contribution in [2.75, 3.05) is 0 Å². The first-order chi connectivity index (χ1) is 7.84. The number of carbonyl (C=O) groups excluding carboxylic acids is 2. The average Bonchev–Trinajstić information content (AvgIpc) is 2.50. The standard InChI is InChI=1S/C14H20O3/c1-8(2)5-6-10-7-11(15)12(14(10)17)13(16)9(3)4/h6,8-9,17H,5,7H2,1-4H3/b10-6+. The maximum absolute atomic E-state index is 11.8. The van der Waals surface area contributed by atoms with Crippen molar-refractivity contribution in [2.45, 2.75) is 40.5 Å². The molecule has 17 heavy (non-hydrogen) atoms. The normalized spacial score (nSPS) is 18.9. The molecule has 0 aromatic rings. The van der Waals surface area contributed by atoms with Gasteiger partial charge in [-0.15, -0.1) is 0 Å². The van der Waals surface area contributed by atoms with Crippen LogP contribution in [0.2, 0.25) is 0 Å². The fourth-order valence-electron chi connectivity index (χ4n) is 1.73. The number of aliphatic hydroxyl groups is 1. The van der Waals surface area contributed by atoms with Crippen LogP contribution in [0, 0.1) is 11.8 Å². The largest absolute Gasteiger partial charge is 0.507 e. The smallest absolute Gasteiger partial charge is 0.174 e. The van der Waals surface area contributed by atoms with Gasteiger partial charge in [0.2, 0.25) is 0 Å². The lowest BCUT2D eigenvalue weighted by atomic mass is 10.00. The molecule has 0 atom stereocenters. The van der Waals surface area contributed by atoms with Gasteiger partial charge in [-0.05, 0) is 17.9 Å². The molecule has 1 aliphatic carbocycles. The zero-order chi connectivity index (χ0) is 13.2. The molecule has 0 bridgehead atoms. The maximum Gasteiger partial charge on any atom is 0.174 e.